The Hall–Kier alpha value is -1.18. The number of hydrogen-bond donors (Lipinski definition) is 1. The number of aromatic amines is 1. The van der Waals surface area contributed by atoms with E-state index in [2.05, 4.69) is 4.98 Å². The van der Waals surface area contributed by atoms with Gasteiger partial charge < -0.3 is 4.74 Å². The summed E-state index contributed by atoms with van der Waals surface area (Å²) in [5.41, 5.74) is 5.46. The summed E-state index contributed by atoms with van der Waals surface area (Å²) in [5.74, 6) is 0.431. The van der Waals surface area contributed by atoms with Gasteiger partial charge in [-0.1, -0.05) is 0 Å². The number of nitrogen functional groups attached to an aromatic ring is 1. The van der Waals surface area contributed by atoms with E-state index in [-0.39, 0.29) is 4.90 Å². The van der Waals surface area contributed by atoms with Gasteiger partial charge in [0, 0.05) is 19.2 Å². The van der Waals surface area contributed by atoms with Crippen molar-refractivity contribution in [2.75, 3.05) is 32.0 Å². The molecule has 6 nitrogen and oxygen atoms in total. The number of morpholine rings is 1. The van der Waals surface area contributed by atoms with Gasteiger partial charge in [-0.25, -0.2) is 13.4 Å². The maximum atomic E-state index is 12.1. The van der Waals surface area contributed by atoms with E-state index in [0.717, 1.165) is 0 Å². The Morgan fingerprint density at radius 2 is 2.00 bits per heavy atom. The molecule has 0 aliphatic carbocycles. The zero-order valence-corrected chi connectivity index (χ0v) is 9.53. The Balaban J connectivity index is 2.27. The molecule has 0 aromatic carbocycles. The van der Waals surface area contributed by atoms with Crippen LogP contribution in [0.25, 0.3) is 0 Å². The molecule has 0 spiro atoms. The van der Waals surface area contributed by atoms with Gasteiger partial charge in [-0.3, -0.25) is 5.73 Å². The van der Waals surface area contributed by atoms with E-state index >= 15 is 0 Å². The first-order chi connectivity index (χ1) is 7.60. The van der Waals surface area contributed by atoms with Gasteiger partial charge in [0.15, 0.2) is 0 Å². The van der Waals surface area contributed by atoms with Crippen molar-refractivity contribution in [3.05, 3.63) is 18.3 Å². The van der Waals surface area contributed by atoms with Gasteiger partial charge in [-0.15, -0.1) is 0 Å². The molecule has 2 rings (SSSR count). The van der Waals surface area contributed by atoms with E-state index in [9.17, 15) is 8.42 Å². The molecule has 1 saturated heterocycles. The van der Waals surface area contributed by atoms with E-state index in [1.807, 2.05) is 0 Å². The van der Waals surface area contributed by atoms with Crippen LogP contribution in [0.5, 0.6) is 0 Å². The molecule has 0 unspecified atom stereocenters. The third-order valence-electron chi connectivity index (χ3n) is 2.42. The summed E-state index contributed by atoms with van der Waals surface area (Å²) in [6.45, 7) is 1.68. The van der Waals surface area contributed by atoms with Crippen LogP contribution in [0, 0.1) is 0 Å². The molecule has 1 aliphatic heterocycles. The Bertz CT molecular complexity index is 451. The predicted molar refractivity (Wildman–Crippen MR) is 57.0 cm³/mol. The number of pyridine rings is 1. The highest BCUT2D eigenvalue weighted by Gasteiger charge is 2.26. The van der Waals surface area contributed by atoms with E-state index < -0.39 is 10.0 Å². The molecule has 1 fully saturated rings. The molecule has 0 saturated carbocycles. The molecule has 7 heteroatoms. The number of nitrogens with zero attached hydrogens (tertiary/aromatic N) is 1. The lowest BCUT2D eigenvalue weighted by atomic mass is 10.5. The smallest absolute Gasteiger partial charge is 0.270 e. The lowest BCUT2D eigenvalue weighted by Crippen LogP contribution is -2.40. The van der Waals surface area contributed by atoms with Crippen molar-refractivity contribution >= 4 is 15.8 Å². The Kier molecular flexibility index (Phi) is 3.08. The first-order valence-electron chi connectivity index (χ1n) is 4.96. The predicted octanol–water partition coefficient (Wildman–Crippen LogP) is -0.896. The standard InChI is InChI=1S/C9H13N3O3S/c10-9-2-1-8(7-11-9)16(13,14)12-3-5-15-6-4-12/h1-2,7H,3-6H2,(H2,10,11)/p+1. The van der Waals surface area contributed by atoms with Crippen molar-refractivity contribution in [3.8, 4) is 0 Å². The first-order valence-corrected chi connectivity index (χ1v) is 6.40. The largest absolute Gasteiger partial charge is 0.379 e. The van der Waals surface area contributed by atoms with Crippen molar-refractivity contribution in [2.24, 2.45) is 0 Å². The molecule has 0 amide bonds. The molecule has 0 atom stereocenters. The number of nitrogens with one attached hydrogen (secondary N) is 1. The van der Waals surface area contributed by atoms with Gasteiger partial charge in [0.2, 0.25) is 10.0 Å². The van der Waals surface area contributed by atoms with E-state index in [0.29, 0.717) is 32.1 Å². The van der Waals surface area contributed by atoms with Crippen molar-refractivity contribution in [1.82, 2.24) is 4.31 Å². The number of hydrogen-bond acceptors (Lipinski definition) is 4. The quantitative estimate of drug-likeness (QED) is 0.730. The topological polar surface area (TPSA) is 86.8 Å². The number of rotatable bonds is 2. The summed E-state index contributed by atoms with van der Waals surface area (Å²) in [7, 11) is -3.41. The highest BCUT2D eigenvalue weighted by molar-refractivity contribution is 7.89. The lowest BCUT2D eigenvalue weighted by Gasteiger charge is -2.25. The number of H-pyrrole nitrogens is 1. The molecular weight excluding hydrogens is 230 g/mol. The number of aromatic nitrogens is 1. The maximum Gasteiger partial charge on any atom is 0.270 e. The highest BCUT2D eigenvalue weighted by Crippen LogP contribution is 2.15. The van der Waals surface area contributed by atoms with Gasteiger partial charge >= 0.3 is 0 Å². The molecule has 88 valence electrons. The van der Waals surface area contributed by atoms with Crippen LogP contribution in [-0.2, 0) is 14.8 Å². The van der Waals surface area contributed by atoms with Crippen LogP contribution in [0.3, 0.4) is 0 Å². The van der Waals surface area contributed by atoms with Crippen LogP contribution >= 0.6 is 0 Å². The Morgan fingerprint density at radius 1 is 1.31 bits per heavy atom. The second-order valence-electron chi connectivity index (χ2n) is 3.50. The first kappa shape index (κ1) is 11.3. The average Bonchev–Trinajstić information content (AvgIpc) is 2.31. The third kappa shape index (κ3) is 2.16. The summed E-state index contributed by atoms with van der Waals surface area (Å²) < 4.78 is 30.7. The zero-order chi connectivity index (χ0) is 11.6. The normalized spacial score (nSPS) is 18.5. The van der Waals surface area contributed by atoms with Gasteiger partial charge in [0.05, 0.1) is 13.2 Å². The van der Waals surface area contributed by atoms with Crippen LogP contribution < -0.4 is 10.7 Å². The minimum absolute atomic E-state index is 0.226. The van der Waals surface area contributed by atoms with Crippen LogP contribution in [0.1, 0.15) is 0 Å². The summed E-state index contributed by atoms with van der Waals surface area (Å²) in [6.07, 6.45) is 1.40. The SMILES string of the molecule is Nc1ccc(S(=O)(=O)N2CCOCC2)c[nH+]1. The van der Waals surface area contributed by atoms with Gasteiger partial charge in [-0.2, -0.15) is 4.31 Å². The highest BCUT2D eigenvalue weighted by atomic mass is 32.2. The van der Waals surface area contributed by atoms with Crippen LogP contribution in [0.15, 0.2) is 23.2 Å². The van der Waals surface area contributed by atoms with E-state index in [1.165, 1.54) is 22.6 Å². The monoisotopic (exact) mass is 244 g/mol. The molecule has 1 aliphatic rings. The van der Waals surface area contributed by atoms with Crippen LogP contribution in [0.2, 0.25) is 0 Å². The molecule has 16 heavy (non-hydrogen) atoms. The molecule has 3 N–H and O–H groups in total. The number of ether oxygens (including phenoxy) is 1. The van der Waals surface area contributed by atoms with Crippen molar-refractivity contribution < 1.29 is 18.1 Å². The second kappa shape index (κ2) is 4.36. The van der Waals surface area contributed by atoms with E-state index in [4.69, 9.17) is 10.5 Å². The lowest BCUT2D eigenvalue weighted by molar-refractivity contribution is -0.363. The van der Waals surface area contributed by atoms with Crippen LogP contribution in [0.4, 0.5) is 5.82 Å². The van der Waals surface area contributed by atoms with Gasteiger partial charge in [0.1, 0.15) is 11.1 Å². The minimum atomic E-state index is -3.41. The third-order valence-corrected chi connectivity index (χ3v) is 4.31. The summed E-state index contributed by atoms with van der Waals surface area (Å²) in [6, 6.07) is 3.03. The van der Waals surface area contributed by atoms with Crippen molar-refractivity contribution in [1.29, 1.82) is 0 Å². The zero-order valence-electron chi connectivity index (χ0n) is 8.72. The minimum Gasteiger partial charge on any atom is -0.379 e. The second-order valence-corrected chi connectivity index (χ2v) is 5.43. The fourth-order valence-electron chi connectivity index (χ4n) is 1.52. The summed E-state index contributed by atoms with van der Waals surface area (Å²) >= 11 is 0. The molecule has 1 aromatic heterocycles. The van der Waals surface area contributed by atoms with Crippen molar-refractivity contribution in [2.45, 2.75) is 4.90 Å². The Labute approximate surface area is 94.1 Å². The summed E-state index contributed by atoms with van der Waals surface area (Å²) in [5, 5.41) is 0. The molecule has 0 radical (unpaired) electrons. The molecule has 2 heterocycles. The number of sulfonamides is 1. The number of nitrogens with two attached hydrogens (primary N) is 1. The fourth-order valence-corrected chi connectivity index (χ4v) is 2.89. The maximum absolute atomic E-state index is 12.1. The van der Waals surface area contributed by atoms with Crippen LogP contribution in [-0.4, -0.2) is 39.0 Å². The molecule has 0 bridgehead atoms. The van der Waals surface area contributed by atoms with E-state index in [1.54, 1.807) is 0 Å². The van der Waals surface area contributed by atoms with Gasteiger partial charge in [0.25, 0.3) is 5.82 Å². The molecule has 1 aromatic rings. The van der Waals surface area contributed by atoms with Gasteiger partial charge in [-0.05, 0) is 6.07 Å². The summed E-state index contributed by atoms with van der Waals surface area (Å²) in [4.78, 5) is 2.91. The fraction of sp³-hybridized carbons (Fsp3) is 0.444. The molecular formula is C9H14N3O3S+. The number of anilines is 1. The Morgan fingerprint density at radius 3 is 2.56 bits per heavy atom. The average molecular weight is 244 g/mol. The van der Waals surface area contributed by atoms with Crippen molar-refractivity contribution in [3.63, 3.8) is 0 Å².